The Morgan fingerprint density at radius 2 is 2.21 bits per heavy atom. The minimum Gasteiger partial charge on any atom is -0.488 e. The number of carbonyl (C=O) groups is 1. The molecule has 1 aliphatic rings. The van der Waals surface area contributed by atoms with Gasteiger partial charge in [-0.15, -0.1) is 0 Å². The van der Waals surface area contributed by atoms with Crippen molar-refractivity contribution in [2.45, 2.75) is 32.4 Å². The molecule has 0 aliphatic carbocycles. The molecular weight excluding hydrogens is 360 g/mol. The molecule has 0 saturated carbocycles. The molecule has 0 radical (unpaired) electrons. The number of nitrogens with zero attached hydrogens (tertiary/aromatic N) is 2. The number of fused-ring (bicyclic) bond motifs is 1. The standard InChI is InChI=1S/C21H26N2O5/c1-5-15-7-8-18-17(10-15)19(11-20(22-18)27-13-26-6-2)28-16-9-14(3)23(12-16)21(24)25-4/h5,7-8,10-11,14,16H,1,6,9,12-13H2,2-4H3/t14-,16-/m1/s1. The summed E-state index contributed by atoms with van der Waals surface area (Å²) in [4.78, 5) is 18.1. The van der Waals surface area contributed by atoms with Crippen LogP contribution in [0.1, 0.15) is 25.8 Å². The number of carbonyl (C=O) groups excluding carboxylic acids is 1. The van der Waals surface area contributed by atoms with E-state index in [4.69, 9.17) is 18.9 Å². The number of likely N-dealkylation sites (tertiary alicyclic amines) is 1. The Labute approximate surface area is 164 Å². The quantitative estimate of drug-likeness (QED) is 0.532. The van der Waals surface area contributed by atoms with E-state index in [2.05, 4.69) is 11.6 Å². The Morgan fingerprint density at radius 1 is 1.39 bits per heavy atom. The van der Waals surface area contributed by atoms with Gasteiger partial charge in [-0.1, -0.05) is 18.7 Å². The highest BCUT2D eigenvalue weighted by Gasteiger charge is 2.34. The summed E-state index contributed by atoms with van der Waals surface area (Å²) in [7, 11) is 1.39. The molecule has 3 rings (SSSR count). The van der Waals surface area contributed by atoms with Crippen LogP contribution >= 0.6 is 0 Å². The third-order valence-corrected chi connectivity index (χ3v) is 4.74. The van der Waals surface area contributed by atoms with Crippen molar-refractivity contribution in [1.29, 1.82) is 0 Å². The topological polar surface area (TPSA) is 70.1 Å². The first-order valence-electron chi connectivity index (χ1n) is 9.34. The summed E-state index contributed by atoms with van der Waals surface area (Å²) < 4.78 is 22.0. The van der Waals surface area contributed by atoms with Crippen LogP contribution in [0.2, 0.25) is 0 Å². The van der Waals surface area contributed by atoms with Gasteiger partial charge in [0, 0.05) is 30.5 Å². The van der Waals surface area contributed by atoms with E-state index in [1.54, 1.807) is 17.0 Å². The molecule has 0 spiro atoms. The lowest BCUT2D eigenvalue weighted by Crippen LogP contribution is -2.34. The Morgan fingerprint density at radius 3 is 2.93 bits per heavy atom. The fourth-order valence-electron chi connectivity index (χ4n) is 3.29. The van der Waals surface area contributed by atoms with Gasteiger partial charge in [0.1, 0.15) is 11.9 Å². The summed E-state index contributed by atoms with van der Waals surface area (Å²) in [6.07, 6.45) is 2.01. The van der Waals surface area contributed by atoms with Crippen molar-refractivity contribution in [2.75, 3.05) is 27.1 Å². The zero-order valence-corrected chi connectivity index (χ0v) is 16.5. The van der Waals surface area contributed by atoms with E-state index in [1.807, 2.05) is 32.0 Å². The van der Waals surface area contributed by atoms with Gasteiger partial charge in [-0.05, 0) is 31.5 Å². The molecular formula is C21H26N2O5. The molecule has 1 amide bonds. The van der Waals surface area contributed by atoms with Crippen LogP contribution in [0.4, 0.5) is 4.79 Å². The predicted octanol–water partition coefficient (Wildman–Crippen LogP) is 3.86. The Kier molecular flexibility index (Phi) is 6.36. The van der Waals surface area contributed by atoms with Crippen LogP contribution in [0.25, 0.3) is 17.0 Å². The van der Waals surface area contributed by atoms with Crippen LogP contribution in [0.3, 0.4) is 0 Å². The van der Waals surface area contributed by atoms with Crippen molar-refractivity contribution < 1.29 is 23.7 Å². The lowest BCUT2D eigenvalue weighted by molar-refractivity contribution is 0.0197. The number of hydrogen-bond donors (Lipinski definition) is 0. The van der Waals surface area contributed by atoms with Crippen molar-refractivity contribution in [1.82, 2.24) is 9.88 Å². The number of rotatable bonds is 7. The van der Waals surface area contributed by atoms with Crippen LogP contribution in [-0.4, -0.2) is 55.2 Å². The molecule has 2 heterocycles. The molecule has 28 heavy (non-hydrogen) atoms. The number of hydrogen-bond acceptors (Lipinski definition) is 6. The summed E-state index contributed by atoms with van der Waals surface area (Å²) in [5.74, 6) is 1.09. The highest BCUT2D eigenvalue weighted by atomic mass is 16.7. The van der Waals surface area contributed by atoms with Crippen LogP contribution < -0.4 is 9.47 Å². The second-order valence-electron chi connectivity index (χ2n) is 6.64. The molecule has 2 aromatic rings. The average molecular weight is 386 g/mol. The molecule has 1 aliphatic heterocycles. The number of aromatic nitrogens is 1. The van der Waals surface area contributed by atoms with Gasteiger partial charge in [-0.3, -0.25) is 0 Å². The van der Waals surface area contributed by atoms with Gasteiger partial charge in [0.2, 0.25) is 5.88 Å². The molecule has 2 atom stereocenters. The van der Waals surface area contributed by atoms with E-state index >= 15 is 0 Å². The summed E-state index contributed by atoms with van der Waals surface area (Å²) in [6, 6.07) is 7.63. The third-order valence-electron chi connectivity index (χ3n) is 4.74. The minimum atomic E-state index is -0.340. The molecule has 1 aromatic carbocycles. The second kappa shape index (κ2) is 8.93. The largest absolute Gasteiger partial charge is 0.488 e. The van der Waals surface area contributed by atoms with Gasteiger partial charge in [-0.25, -0.2) is 9.78 Å². The fraction of sp³-hybridized carbons (Fsp3) is 0.429. The Hall–Kier alpha value is -2.80. The van der Waals surface area contributed by atoms with Crippen molar-refractivity contribution in [3.8, 4) is 11.6 Å². The van der Waals surface area contributed by atoms with Crippen LogP contribution in [0.5, 0.6) is 11.6 Å². The third kappa shape index (κ3) is 4.36. The fourth-order valence-corrected chi connectivity index (χ4v) is 3.29. The normalized spacial score (nSPS) is 18.9. The highest BCUT2D eigenvalue weighted by Crippen LogP contribution is 2.32. The van der Waals surface area contributed by atoms with E-state index in [9.17, 15) is 4.79 Å². The maximum absolute atomic E-state index is 11.9. The van der Waals surface area contributed by atoms with Gasteiger partial charge in [0.15, 0.2) is 6.79 Å². The maximum Gasteiger partial charge on any atom is 0.409 e. The molecule has 0 bridgehead atoms. The molecule has 1 aromatic heterocycles. The van der Waals surface area contributed by atoms with E-state index in [0.29, 0.717) is 24.8 Å². The molecule has 7 heteroatoms. The zero-order valence-electron chi connectivity index (χ0n) is 16.5. The number of pyridine rings is 1. The van der Waals surface area contributed by atoms with E-state index in [0.717, 1.165) is 22.9 Å². The SMILES string of the molecule is C=Cc1ccc2nc(OCOCC)cc(O[C@@H]3C[C@@H](C)N(C(=O)OC)C3)c2c1. The number of methoxy groups -OCH3 is 1. The predicted molar refractivity (Wildman–Crippen MR) is 107 cm³/mol. The van der Waals surface area contributed by atoms with E-state index < -0.39 is 0 Å². The van der Waals surface area contributed by atoms with Crippen molar-refractivity contribution in [3.05, 3.63) is 36.4 Å². The first-order valence-corrected chi connectivity index (χ1v) is 9.34. The van der Waals surface area contributed by atoms with E-state index in [1.165, 1.54) is 7.11 Å². The average Bonchev–Trinajstić information content (AvgIpc) is 3.07. The monoisotopic (exact) mass is 386 g/mol. The first kappa shape index (κ1) is 19.9. The first-order chi connectivity index (χ1) is 13.5. The Bertz CT molecular complexity index is 854. The molecule has 0 N–H and O–H groups in total. The lowest BCUT2D eigenvalue weighted by atomic mass is 10.1. The van der Waals surface area contributed by atoms with Crippen LogP contribution in [0.15, 0.2) is 30.8 Å². The van der Waals surface area contributed by atoms with Crippen LogP contribution in [0, 0.1) is 0 Å². The summed E-state index contributed by atoms with van der Waals surface area (Å²) in [6.45, 7) is 8.85. The second-order valence-corrected chi connectivity index (χ2v) is 6.64. The highest BCUT2D eigenvalue weighted by molar-refractivity contribution is 5.87. The van der Waals surface area contributed by atoms with Gasteiger partial charge in [0.25, 0.3) is 0 Å². The molecule has 150 valence electrons. The zero-order chi connectivity index (χ0) is 20.1. The van der Waals surface area contributed by atoms with Crippen molar-refractivity contribution in [2.24, 2.45) is 0 Å². The maximum atomic E-state index is 11.9. The molecule has 7 nitrogen and oxygen atoms in total. The summed E-state index contributed by atoms with van der Waals surface area (Å²) >= 11 is 0. The smallest absolute Gasteiger partial charge is 0.409 e. The number of ether oxygens (including phenoxy) is 4. The molecule has 0 unspecified atom stereocenters. The minimum absolute atomic E-state index is 0.0444. The Balaban J connectivity index is 1.89. The van der Waals surface area contributed by atoms with E-state index in [-0.39, 0.29) is 25.0 Å². The number of amides is 1. The van der Waals surface area contributed by atoms with Gasteiger partial charge in [-0.2, -0.15) is 0 Å². The van der Waals surface area contributed by atoms with Gasteiger partial charge >= 0.3 is 6.09 Å². The number of benzene rings is 1. The molecule has 1 fully saturated rings. The van der Waals surface area contributed by atoms with Crippen molar-refractivity contribution >= 4 is 23.1 Å². The van der Waals surface area contributed by atoms with Crippen LogP contribution in [-0.2, 0) is 9.47 Å². The lowest BCUT2D eigenvalue weighted by Gasteiger charge is -2.19. The van der Waals surface area contributed by atoms with Gasteiger partial charge < -0.3 is 23.8 Å². The van der Waals surface area contributed by atoms with Crippen molar-refractivity contribution in [3.63, 3.8) is 0 Å². The summed E-state index contributed by atoms with van der Waals surface area (Å²) in [5.41, 5.74) is 1.73. The summed E-state index contributed by atoms with van der Waals surface area (Å²) in [5, 5.41) is 0.866. The van der Waals surface area contributed by atoms with Gasteiger partial charge in [0.05, 0.1) is 19.2 Å². The molecule has 1 saturated heterocycles.